The second kappa shape index (κ2) is 11.0. The summed E-state index contributed by atoms with van der Waals surface area (Å²) < 4.78 is 11.8. The molecule has 8 nitrogen and oxygen atoms in total. The standard InChI is InChI=1S/C22H19ClIN3O5S/c1-11-4-5-14(9-15(11)23)26-19(29)10-32-20-16(24)6-13(7-17(20)31-3)8-18-21(30)27-22(33-18)25-12(2)28/h4-9H,10H2,1-3H3,(H,26,29)(H,25,27,28,30)/b18-8-. The number of carbonyl (C=O) groups is 3. The molecule has 0 fully saturated rings. The Morgan fingerprint density at radius 3 is 2.67 bits per heavy atom. The van der Waals surface area contributed by atoms with Gasteiger partial charge in [-0.15, -0.1) is 0 Å². The van der Waals surface area contributed by atoms with E-state index in [4.69, 9.17) is 21.1 Å². The number of methoxy groups -OCH3 is 1. The van der Waals surface area contributed by atoms with Gasteiger partial charge in [-0.05, 0) is 82.7 Å². The molecule has 2 N–H and O–H groups in total. The molecule has 1 aliphatic rings. The lowest BCUT2D eigenvalue weighted by Crippen LogP contribution is -2.23. The van der Waals surface area contributed by atoms with E-state index in [1.165, 1.54) is 14.0 Å². The Morgan fingerprint density at radius 1 is 1.24 bits per heavy atom. The highest BCUT2D eigenvalue weighted by Crippen LogP contribution is 2.36. The molecule has 0 unspecified atom stereocenters. The summed E-state index contributed by atoms with van der Waals surface area (Å²) in [6.07, 6.45) is 1.65. The van der Waals surface area contributed by atoms with E-state index >= 15 is 0 Å². The van der Waals surface area contributed by atoms with E-state index in [9.17, 15) is 14.4 Å². The SMILES string of the molecule is COc1cc(/C=C2\SC(NC(C)=O)=NC2=O)cc(I)c1OCC(=O)Nc1ccc(C)c(Cl)c1. The monoisotopic (exact) mass is 599 g/mol. The van der Waals surface area contributed by atoms with Crippen LogP contribution in [0.15, 0.2) is 40.2 Å². The van der Waals surface area contributed by atoms with Crippen molar-refractivity contribution in [2.24, 2.45) is 4.99 Å². The molecule has 0 radical (unpaired) electrons. The number of hydrogen-bond donors (Lipinski definition) is 2. The molecule has 3 rings (SSSR count). The van der Waals surface area contributed by atoms with Crippen molar-refractivity contribution >= 4 is 80.6 Å². The third kappa shape index (κ3) is 6.71. The summed E-state index contributed by atoms with van der Waals surface area (Å²) in [6.45, 7) is 2.99. The Hall–Kier alpha value is -2.57. The molecule has 1 aliphatic heterocycles. The fraction of sp³-hybridized carbons (Fsp3) is 0.182. The highest BCUT2D eigenvalue weighted by molar-refractivity contribution is 14.1. The fourth-order valence-electron chi connectivity index (χ4n) is 2.73. The van der Waals surface area contributed by atoms with Crippen molar-refractivity contribution in [3.63, 3.8) is 0 Å². The molecule has 1 heterocycles. The van der Waals surface area contributed by atoms with Crippen LogP contribution < -0.4 is 20.1 Å². The van der Waals surface area contributed by atoms with Crippen molar-refractivity contribution < 1.29 is 23.9 Å². The maximum absolute atomic E-state index is 12.3. The van der Waals surface area contributed by atoms with Crippen LogP contribution >= 0.6 is 46.0 Å². The number of rotatable bonds is 6. The predicted molar refractivity (Wildman–Crippen MR) is 138 cm³/mol. The summed E-state index contributed by atoms with van der Waals surface area (Å²) in [4.78, 5) is 39.8. The number of hydrogen-bond acceptors (Lipinski definition) is 6. The smallest absolute Gasteiger partial charge is 0.286 e. The number of halogens is 2. The van der Waals surface area contributed by atoms with Crippen LogP contribution in [0.25, 0.3) is 6.08 Å². The van der Waals surface area contributed by atoms with Crippen molar-refractivity contribution in [2.45, 2.75) is 13.8 Å². The number of ether oxygens (including phenoxy) is 2. The summed E-state index contributed by atoms with van der Waals surface area (Å²) in [5, 5.41) is 6.03. The summed E-state index contributed by atoms with van der Waals surface area (Å²) in [7, 11) is 1.48. The van der Waals surface area contributed by atoms with Crippen LogP contribution in [0.1, 0.15) is 18.1 Å². The van der Waals surface area contributed by atoms with E-state index in [1.54, 1.807) is 30.3 Å². The number of carbonyl (C=O) groups excluding carboxylic acids is 3. The first-order valence-electron chi connectivity index (χ1n) is 9.52. The van der Waals surface area contributed by atoms with Gasteiger partial charge in [0.05, 0.1) is 15.6 Å². The third-order valence-electron chi connectivity index (χ3n) is 4.26. The second-order valence-electron chi connectivity index (χ2n) is 6.85. The zero-order valence-electron chi connectivity index (χ0n) is 17.8. The number of amides is 3. The number of aliphatic imine (C=N–C) groups is 1. The predicted octanol–water partition coefficient (Wildman–Crippen LogP) is 4.39. The first kappa shape index (κ1) is 25.1. The lowest BCUT2D eigenvalue weighted by molar-refractivity contribution is -0.118. The average Bonchev–Trinajstić information content (AvgIpc) is 3.07. The molecular formula is C22H19ClIN3O5S. The molecule has 2 aromatic carbocycles. The van der Waals surface area contributed by atoms with Crippen molar-refractivity contribution in [1.29, 1.82) is 0 Å². The van der Waals surface area contributed by atoms with Crippen LogP contribution in [0.4, 0.5) is 5.69 Å². The number of anilines is 1. The van der Waals surface area contributed by atoms with Crippen molar-refractivity contribution in [3.8, 4) is 11.5 Å². The van der Waals surface area contributed by atoms with E-state index < -0.39 is 5.91 Å². The summed E-state index contributed by atoms with van der Waals surface area (Å²) in [5.74, 6) is -0.292. The molecular weight excluding hydrogens is 581 g/mol. The largest absolute Gasteiger partial charge is 0.493 e. The van der Waals surface area contributed by atoms with E-state index in [2.05, 4.69) is 38.2 Å². The normalized spacial score (nSPS) is 14.2. The zero-order chi connectivity index (χ0) is 24.1. The van der Waals surface area contributed by atoms with Gasteiger partial charge in [0, 0.05) is 17.6 Å². The molecule has 0 aromatic heterocycles. The minimum absolute atomic E-state index is 0.236. The van der Waals surface area contributed by atoms with Gasteiger partial charge >= 0.3 is 0 Å². The number of nitrogens with zero attached hydrogens (tertiary/aromatic N) is 1. The molecule has 0 saturated heterocycles. The molecule has 33 heavy (non-hydrogen) atoms. The minimum atomic E-state index is -0.439. The van der Waals surface area contributed by atoms with Crippen LogP contribution in [0.2, 0.25) is 5.02 Å². The first-order chi connectivity index (χ1) is 15.7. The quantitative estimate of drug-likeness (QED) is 0.377. The molecule has 2 aromatic rings. The van der Waals surface area contributed by atoms with E-state index in [0.717, 1.165) is 17.3 Å². The van der Waals surface area contributed by atoms with Gasteiger partial charge in [0.15, 0.2) is 23.3 Å². The van der Waals surface area contributed by atoms with Crippen molar-refractivity contribution in [3.05, 3.63) is 55.0 Å². The Balaban J connectivity index is 1.70. The number of amidine groups is 1. The molecule has 0 saturated carbocycles. The summed E-state index contributed by atoms with van der Waals surface area (Å²) in [6, 6.07) is 8.72. The Labute approximate surface area is 213 Å². The van der Waals surface area contributed by atoms with Gasteiger partial charge < -0.3 is 20.1 Å². The van der Waals surface area contributed by atoms with Gasteiger partial charge in [0.25, 0.3) is 11.8 Å². The number of thioether (sulfide) groups is 1. The Bertz CT molecular complexity index is 1200. The zero-order valence-corrected chi connectivity index (χ0v) is 21.6. The summed E-state index contributed by atoms with van der Waals surface area (Å²) >= 11 is 9.23. The lowest BCUT2D eigenvalue weighted by Gasteiger charge is -2.14. The first-order valence-corrected chi connectivity index (χ1v) is 11.8. The average molecular weight is 600 g/mol. The molecule has 0 bridgehead atoms. The van der Waals surface area contributed by atoms with Gasteiger partial charge in [0.1, 0.15) is 0 Å². The third-order valence-corrected chi connectivity index (χ3v) is 6.36. The lowest BCUT2D eigenvalue weighted by atomic mass is 10.2. The molecule has 0 aliphatic carbocycles. The van der Waals surface area contributed by atoms with Gasteiger partial charge in [-0.1, -0.05) is 17.7 Å². The maximum Gasteiger partial charge on any atom is 0.286 e. The van der Waals surface area contributed by atoms with E-state index in [0.29, 0.717) is 36.2 Å². The van der Waals surface area contributed by atoms with Gasteiger partial charge in [-0.25, -0.2) is 0 Å². The van der Waals surface area contributed by atoms with Crippen LogP contribution in [0.3, 0.4) is 0 Å². The summed E-state index contributed by atoms with van der Waals surface area (Å²) in [5.41, 5.74) is 2.16. The topological polar surface area (TPSA) is 106 Å². The van der Waals surface area contributed by atoms with Crippen LogP contribution in [0.5, 0.6) is 11.5 Å². The number of benzene rings is 2. The number of aryl methyl sites for hydroxylation is 1. The highest BCUT2D eigenvalue weighted by atomic mass is 127. The van der Waals surface area contributed by atoms with Crippen LogP contribution in [-0.2, 0) is 14.4 Å². The Kier molecular flexibility index (Phi) is 8.38. The van der Waals surface area contributed by atoms with Gasteiger partial charge in [0.2, 0.25) is 5.91 Å². The van der Waals surface area contributed by atoms with Gasteiger partial charge in [-0.3, -0.25) is 14.4 Å². The fourth-order valence-corrected chi connectivity index (χ4v) is 4.55. The number of nitrogens with one attached hydrogen (secondary N) is 2. The molecule has 172 valence electrons. The molecule has 3 amide bonds. The van der Waals surface area contributed by atoms with E-state index in [-0.39, 0.29) is 23.6 Å². The van der Waals surface area contributed by atoms with Crippen molar-refractivity contribution in [1.82, 2.24) is 5.32 Å². The molecule has 0 spiro atoms. The van der Waals surface area contributed by atoms with E-state index in [1.807, 2.05) is 13.0 Å². The van der Waals surface area contributed by atoms with Gasteiger partial charge in [-0.2, -0.15) is 4.99 Å². The van der Waals surface area contributed by atoms with Crippen LogP contribution in [-0.4, -0.2) is 36.6 Å². The van der Waals surface area contributed by atoms with Crippen molar-refractivity contribution in [2.75, 3.05) is 19.0 Å². The maximum atomic E-state index is 12.3. The minimum Gasteiger partial charge on any atom is -0.493 e. The molecule has 0 atom stereocenters. The molecule has 11 heteroatoms. The Morgan fingerprint density at radius 2 is 2.00 bits per heavy atom. The highest BCUT2D eigenvalue weighted by Gasteiger charge is 2.23. The van der Waals surface area contributed by atoms with Crippen LogP contribution in [0, 0.1) is 10.5 Å². The second-order valence-corrected chi connectivity index (χ2v) is 9.45.